The third-order valence-corrected chi connectivity index (χ3v) is 3.38. The van der Waals surface area contributed by atoms with Gasteiger partial charge >= 0.3 is 0 Å². The van der Waals surface area contributed by atoms with E-state index >= 15 is 0 Å². The minimum absolute atomic E-state index is 0.0874. The minimum atomic E-state index is -0.0874. The van der Waals surface area contributed by atoms with E-state index in [1.165, 1.54) is 0 Å². The molecule has 0 aliphatic carbocycles. The zero-order valence-corrected chi connectivity index (χ0v) is 12.9. The number of fused-ring (bicyclic) bond motifs is 1. The highest BCUT2D eigenvalue weighted by Gasteiger charge is 2.10. The molecule has 0 bridgehead atoms. The Hall–Kier alpha value is -2.89. The van der Waals surface area contributed by atoms with Gasteiger partial charge in [-0.3, -0.25) is 9.89 Å². The molecule has 6 nitrogen and oxygen atoms in total. The Balaban J connectivity index is 1.49. The highest BCUT2D eigenvalue weighted by atomic mass is 16.5. The third kappa shape index (κ3) is 3.85. The molecule has 3 rings (SSSR count). The lowest BCUT2D eigenvalue weighted by Gasteiger charge is -2.06. The number of carbonyl (C=O) groups is 1. The maximum absolute atomic E-state index is 12.0. The molecule has 6 heteroatoms. The van der Waals surface area contributed by atoms with Crippen molar-refractivity contribution in [2.45, 2.75) is 19.8 Å². The summed E-state index contributed by atoms with van der Waals surface area (Å²) in [6.45, 7) is 2.41. The molecule has 23 heavy (non-hydrogen) atoms. The van der Waals surface area contributed by atoms with Gasteiger partial charge in [0.15, 0.2) is 11.5 Å². The van der Waals surface area contributed by atoms with Gasteiger partial charge in [-0.15, -0.1) is 0 Å². The van der Waals surface area contributed by atoms with Crippen LogP contribution in [-0.2, 0) is 4.79 Å². The fourth-order valence-corrected chi connectivity index (χ4v) is 2.23. The van der Waals surface area contributed by atoms with E-state index in [9.17, 15) is 4.79 Å². The summed E-state index contributed by atoms with van der Waals surface area (Å²) in [4.78, 5) is 16.3. The molecule has 2 N–H and O–H groups in total. The van der Waals surface area contributed by atoms with E-state index in [4.69, 9.17) is 4.74 Å². The van der Waals surface area contributed by atoms with Crippen molar-refractivity contribution in [2.75, 3.05) is 11.9 Å². The number of rotatable bonds is 6. The van der Waals surface area contributed by atoms with Gasteiger partial charge in [0, 0.05) is 12.1 Å². The summed E-state index contributed by atoms with van der Waals surface area (Å²) >= 11 is 0. The maximum atomic E-state index is 12.0. The minimum Gasteiger partial charge on any atom is -0.494 e. The van der Waals surface area contributed by atoms with Crippen LogP contribution in [0.4, 0.5) is 5.82 Å². The Labute approximate surface area is 133 Å². The molecule has 2 aromatic heterocycles. The fraction of sp³-hybridized carbons (Fsp3) is 0.235. The molecular weight excluding hydrogens is 292 g/mol. The normalized spacial score (nSPS) is 10.7. The summed E-state index contributed by atoms with van der Waals surface area (Å²) in [6.07, 6.45) is 1.01. The van der Waals surface area contributed by atoms with Crippen LogP contribution in [0.5, 0.6) is 5.75 Å². The number of benzene rings is 1. The van der Waals surface area contributed by atoms with Crippen molar-refractivity contribution < 1.29 is 9.53 Å². The highest BCUT2D eigenvalue weighted by molar-refractivity contribution is 5.98. The molecule has 0 saturated carbocycles. The maximum Gasteiger partial charge on any atom is 0.225 e. The molecule has 0 aliphatic rings. The number of H-pyrrole nitrogens is 1. The number of nitrogens with zero attached hydrogens (tertiary/aromatic N) is 2. The molecule has 3 aromatic rings. The standard InChI is InChI=1S/C17H18N4O2/c1-12-9-10-14-16(18-12)20-21-17(14)19-15(22)8-5-11-23-13-6-3-2-4-7-13/h2-4,6-7,9-10H,5,8,11H2,1H3,(H2,18,19,20,21,22). The average molecular weight is 310 g/mol. The van der Waals surface area contributed by atoms with Gasteiger partial charge in [-0.25, -0.2) is 4.98 Å². The van der Waals surface area contributed by atoms with Crippen molar-refractivity contribution in [3.05, 3.63) is 48.2 Å². The first kappa shape index (κ1) is 15.0. The molecule has 118 valence electrons. The first-order chi connectivity index (χ1) is 11.2. The summed E-state index contributed by atoms with van der Waals surface area (Å²) < 4.78 is 5.56. The molecule has 1 aromatic carbocycles. The number of pyridine rings is 1. The molecule has 2 heterocycles. The largest absolute Gasteiger partial charge is 0.494 e. The molecule has 0 atom stereocenters. The van der Waals surface area contributed by atoms with Crippen molar-refractivity contribution in [3.8, 4) is 5.75 Å². The van der Waals surface area contributed by atoms with Gasteiger partial charge in [0.2, 0.25) is 5.91 Å². The van der Waals surface area contributed by atoms with Crippen LogP contribution in [-0.4, -0.2) is 27.7 Å². The lowest BCUT2D eigenvalue weighted by atomic mass is 10.2. The van der Waals surface area contributed by atoms with E-state index in [0.717, 1.165) is 16.8 Å². The van der Waals surface area contributed by atoms with Crippen LogP contribution in [0.25, 0.3) is 11.0 Å². The van der Waals surface area contributed by atoms with Gasteiger partial charge in [0.05, 0.1) is 12.0 Å². The summed E-state index contributed by atoms with van der Waals surface area (Å²) in [7, 11) is 0. The Morgan fingerprint density at radius 2 is 2.04 bits per heavy atom. The number of amides is 1. The first-order valence-corrected chi connectivity index (χ1v) is 7.52. The van der Waals surface area contributed by atoms with Crippen molar-refractivity contribution in [1.29, 1.82) is 0 Å². The number of ether oxygens (including phenoxy) is 1. The van der Waals surface area contributed by atoms with Gasteiger partial charge in [0.25, 0.3) is 0 Å². The Bertz CT molecular complexity index is 799. The number of anilines is 1. The van der Waals surface area contributed by atoms with Crippen molar-refractivity contribution >= 4 is 22.8 Å². The number of aromatic amines is 1. The van der Waals surface area contributed by atoms with Crippen LogP contribution >= 0.6 is 0 Å². The Morgan fingerprint density at radius 3 is 2.87 bits per heavy atom. The number of hydrogen-bond acceptors (Lipinski definition) is 4. The van der Waals surface area contributed by atoms with Crippen molar-refractivity contribution in [1.82, 2.24) is 15.2 Å². The zero-order chi connectivity index (χ0) is 16.1. The zero-order valence-electron chi connectivity index (χ0n) is 12.9. The second-order valence-corrected chi connectivity index (χ2v) is 5.23. The lowest BCUT2D eigenvalue weighted by Crippen LogP contribution is -2.13. The molecule has 1 amide bonds. The van der Waals surface area contributed by atoms with E-state index in [-0.39, 0.29) is 5.91 Å². The van der Waals surface area contributed by atoms with E-state index in [0.29, 0.717) is 30.9 Å². The molecular formula is C17H18N4O2. The fourth-order valence-electron chi connectivity index (χ4n) is 2.23. The van der Waals surface area contributed by atoms with Crippen LogP contribution in [0.3, 0.4) is 0 Å². The Morgan fingerprint density at radius 1 is 1.22 bits per heavy atom. The topological polar surface area (TPSA) is 79.9 Å². The number of aromatic nitrogens is 3. The van der Waals surface area contributed by atoms with Crippen molar-refractivity contribution in [2.24, 2.45) is 0 Å². The SMILES string of the molecule is Cc1ccc2c(NC(=O)CCCOc3ccccc3)n[nH]c2n1. The van der Waals surface area contributed by atoms with E-state index in [2.05, 4.69) is 20.5 Å². The third-order valence-electron chi connectivity index (χ3n) is 3.38. The second-order valence-electron chi connectivity index (χ2n) is 5.23. The quantitative estimate of drug-likeness (QED) is 0.686. The smallest absolute Gasteiger partial charge is 0.225 e. The number of carbonyl (C=O) groups excluding carboxylic acids is 1. The molecule has 0 fully saturated rings. The molecule has 0 unspecified atom stereocenters. The predicted molar refractivity (Wildman–Crippen MR) is 88.4 cm³/mol. The van der Waals surface area contributed by atoms with Gasteiger partial charge < -0.3 is 10.1 Å². The number of hydrogen-bond donors (Lipinski definition) is 2. The monoisotopic (exact) mass is 310 g/mol. The van der Waals surface area contributed by atoms with Crippen LogP contribution in [0, 0.1) is 6.92 Å². The summed E-state index contributed by atoms with van der Waals surface area (Å²) in [5, 5.41) is 10.5. The number of aryl methyl sites for hydroxylation is 1. The average Bonchev–Trinajstić information content (AvgIpc) is 2.94. The van der Waals surface area contributed by atoms with Crippen LogP contribution in [0.15, 0.2) is 42.5 Å². The highest BCUT2D eigenvalue weighted by Crippen LogP contribution is 2.19. The van der Waals surface area contributed by atoms with Gasteiger partial charge in [-0.1, -0.05) is 18.2 Å². The van der Waals surface area contributed by atoms with Gasteiger partial charge in [-0.05, 0) is 37.6 Å². The first-order valence-electron chi connectivity index (χ1n) is 7.52. The number of nitrogens with one attached hydrogen (secondary N) is 2. The van der Waals surface area contributed by atoms with Crippen LogP contribution < -0.4 is 10.1 Å². The van der Waals surface area contributed by atoms with Crippen LogP contribution in [0.2, 0.25) is 0 Å². The Kier molecular flexibility index (Phi) is 4.52. The summed E-state index contributed by atoms with van der Waals surface area (Å²) in [5.41, 5.74) is 1.57. The lowest BCUT2D eigenvalue weighted by molar-refractivity contribution is -0.116. The van der Waals surface area contributed by atoms with Crippen LogP contribution in [0.1, 0.15) is 18.5 Å². The predicted octanol–water partition coefficient (Wildman–Crippen LogP) is 3.06. The molecule has 0 aliphatic heterocycles. The van der Waals surface area contributed by atoms with E-state index < -0.39 is 0 Å². The second kappa shape index (κ2) is 6.91. The molecule has 0 saturated heterocycles. The molecule has 0 radical (unpaired) electrons. The van der Waals surface area contributed by atoms with Crippen molar-refractivity contribution in [3.63, 3.8) is 0 Å². The van der Waals surface area contributed by atoms with E-state index in [1.807, 2.05) is 49.4 Å². The van der Waals surface area contributed by atoms with Gasteiger partial charge in [0.1, 0.15) is 5.75 Å². The van der Waals surface area contributed by atoms with E-state index in [1.54, 1.807) is 0 Å². The molecule has 0 spiro atoms. The van der Waals surface area contributed by atoms with Gasteiger partial charge in [-0.2, -0.15) is 5.10 Å². The number of para-hydroxylation sites is 1. The summed E-state index contributed by atoms with van der Waals surface area (Å²) in [6, 6.07) is 13.3. The summed E-state index contributed by atoms with van der Waals surface area (Å²) in [5.74, 6) is 1.24.